The topological polar surface area (TPSA) is 95.9 Å². The van der Waals surface area contributed by atoms with Crippen molar-refractivity contribution < 1.29 is 24.5 Å². The van der Waals surface area contributed by atoms with E-state index >= 15 is 0 Å². The fourth-order valence-electron chi connectivity index (χ4n) is 11.0. The van der Waals surface area contributed by atoms with Crippen LogP contribution < -0.4 is 5.32 Å². The second-order valence-electron chi connectivity index (χ2n) is 23.9. The molecule has 450 valence electrons. The van der Waals surface area contributed by atoms with Crippen LogP contribution in [0.3, 0.4) is 0 Å². The number of esters is 1. The summed E-state index contributed by atoms with van der Waals surface area (Å²) in [4.78, 5) is 24.7. The van der Waals surface area contributed by atoms with Crippen LogP contribution in [0.5, 0.6) is 0 Å². The van der Waals surface area contributed by atoms with Crippen LogP contribution in [0.25, 0.3) is 0 Å². The van der Waals surface area contributed by atoms with Crippen molar-refractivity contribution >= 4 is 11.9 Å². The number of unbranched alkanes of at least 4 members (excludes halogenated alkanes) is 50. The minimum absolute atomic E-state index is 0.000743. The Morgan fingerprint density at radius 3 is 1.03 bits per heavy atom. The molecule has 0 saturated heterocycles. The first-order chi connectivity index (χ1) is 37.5. The monoisotopic (exact) mass is 1070 g/mol. The van der Waals surface area contributed by atoms with Crippen molar-refractivity contribution in [2.45, 2.75) is 398 Å². The Kier molecular flexibility index (Phi) is 64.4. The van der Waals surface area contributed by atoms with Crippen LogP contribution in [-0.2, 0) is 14.3 Å². The van der Waals surface area contributed by atoms with Crippen molar-refractivity contribution in [1.82, 2.24) is 5.32 Å². The van der Waals surface area contributed by atoms with Gasteiger partial charge in [-0.25, -0.2) is 0 Å². The number of nitrogens with one attached hydrogen (secondary N) is 1. The molecule has 0 aliphatic heterocycles. The van der Waals surface area contributed by atoms with E-state index in [4.69, 9.17) is 4.74 Å². The van der Waals surface area contributed by atoms with Gasteiger partial charge in [-0.3, -0.25) is 9.59 Å². The zero-order valence-corrected chi connectivity index (χ0v) is 51.5. The van der Waals surface area contributed by atoms with Gasteiger partial charge in [-0.15, -0.1) is 0 Å². The molecule has 0 aromatic heterocycles. The first-order valence-electron chi connectivity index (χ1n) is 34.6. The molecular formula is C70H135NO5. The Morgan fingerprint density at radius 2 is 0.658 bits per heavy atom. The van der Waals surface area contributed by atoms with Gasteiger partial charge in [0.2, 0.25) is 5.91 Å². The number of carbonyl (C=O) groups is 2. The minimum atomic E-state index is -0.671. The number of allylic oxidation sites excluding steroid dienone is 4. The lowest BCUT2D eigenvalue weighted by Gasteiger charge is -2.22. The molecule has 3 N–H and O–H groups in total. The van der Waals surface area contributed by atoms with Crippen LogP contribution >= 0.6 is 0 Å². The average Bonchev–Trinajstić information content (AvgIpc) is 3.42. The van der Waals surface area contributed by atoms with Gasteiger partial charge in [0.25, 0.3) is 0 Å². The molecule has 0 bridgehead atoms. The highest BCUT2D eigenvalue weighted by Gasteiger charge is 2.20. The fraction of sp³-hybridized carbons (Fsp3) is 0.914. The molecule has 0 saturated carbocycles. The van der Waals surface area contributed by atoms with E-state index in [0.717, 1.165) is 51.4 Å². The van der Waals surface area contributed by atoms with Crippen molar-refractivity contribution in [2.24, 2.45) is 0 Å². The van der Waals surface area contributed by atoms with Gasteiger partial charge in [0.15, 0.2) is 0 Å². The molecule has 0 aromatic carbocycles. The summed E-state index contributed by atoms with van der Waals surface area (Å²) < 4.78 is 5.50. The number of hydrogen-bond acceptors (Lipinski definition) is 5. The summed E-state index contributed by atoms with van der Waals surface area (Å²) in [7, 11) is 0. The first-order valence-corrected chi connectivity index (χ1v) is 34.6. The van der Waals surface area contributed by atoms with Gasteiger partial charge in [0.05, 0.1) is 25.4 Å². The van der Waals surface area contributed by atoms with Crippen LogP contribution in [0.1, 0.15) is 386 Å². The van der Waals surface area contributed by atoms with E-state index in [1.807, 2.05) is 0 Å². The van der Waals surface area contributed by atoms with E-state index in [-0.39, 0.29) is 18.5 Å². The van der Waals surface area contributed by atoms with E-state index in [9.17, 15) is 19.8 Å². The van der Waals surface area contributed by atoms with Crippen LogP contribution in [0.15, 0.2) is 24.3 Å². The highest BCUT2D eigenvalue weighted by molar-refractivity contribution is 5.76. The molecule has 0 aromatic rings. The molecule has 6 heteroatoms. The smallest absolute Gasteiger partial charge is 0.305 e. The molecule has 0 heterocycles. The van der Waals surface area contributed by atoms with Gasteiger partial charge in [-0.1, -0.05) is 340 Å². The number of hydrogen-bond donors (Lipinski definition) is 3. The largest absolute Gasteiger partial charge is 0.466 e. The number of amides is 1. The van der Waals surface area contributed by atoms with E-state index in [1.54, 1.807) is 0 Å². The Hall–Kier alpha value is -1.66. The zero-order valence-electron chi connectivity index (χ0n) is 51.5. The van der Waals surface area contributed by atoms with Crippen LogP contribution in [0, 0.1) is 0 Å². The van der Waals surface area contributed by atoms with E-state index in [2.05, 4.69) is 43.5 Å². The molecule has 76 heavy (non-hydrogen) atoms. The minimum Gasteiger partial charge on any atom is -0.466 e. The van der Waals surface area contributed by atoms with Gasteiger partial charge in [0.1, 0.15) is 0 Å². The molecule has 0 fully saturated rings. The summed E-state index contributed by atoms with van der Waals surface area (Å²) in [6.07, 6.45) is 82.0. The van der Waals surface area contributed by atoms with Gasteiger partial charge in [-0.2, -0.15) is 0 Å². The lowest BCUT2D eigenvalue weighted by molar-refractivity contribution is -0.143. The maximum Gasteiger partial charge on any atom is 0.305 e. The predicted octanol–water partition coefficient (Wildman–Crippen LogP) is 22.1. The average molecular weight is 1070 g/mol. The summed E-state index contributed by atoms with van der Waals surface area (Å²) in [6.45, 7) is 4.95. The summed E-state index contributed by atoms with van der Waals surface area (Å²) in [5, 5.41) is 23.4. The van der Waals surface area contributed by atoms with Crippen molar-refractivity contribution in [3.05, 3.63) is 24.3 Å². The zero-order chi connectivity index (χ0) is 55.0. The van der Waals surface area contributed by atoms with Crippen molar-refractivity contribution in [1.29, 1.82) is 0 Å². The van der Waals surface area contributed by atoms with Gasteiger partial charge >= 0.3 is 5.97 Å². The molecule has 0 aliphatic rings. The Bertz CT molecular complexity index is 1190. The third-order valence-corrected chi connectivity index (χ3v) is 16.3. The lowest BCUT2D eigenvalue weighted by Crippen LogP contribution is -2.45. The molecule has 2 unspecified atom stereocenters. The lowest BCUT2D eigenvalue weighted by atomic mass is 10.0. The van der Waals surface area contributed by atoms with Crippen molar-refractivity contribution in [3.8, 4) is 0 Å². The molecule has 2 atom stereocenters. The molecule has 6 nitrogen and oxygen atoms in total. The van der Waals surface area contributed by atoms with Crippen LogP contribution in [0.4, 0.5) is 0 Å². The quantitative estimate of drug-likeness (QED) is 0.0320. The highest BCUT2D eigenvalue weighted by atomic mass is 16.5. The Labute approximate surface area is 475 Å². The number of rotatable bonds is 65. The van der Waals surface area contributed by atoms with Gasteiger partial charge in [-0.05, 0) is 57.8 Å². The van der Waals surface area contributed by atoms with Gasteiger partial charge in [0, 0.05) is 12.8 Å². The summed E-state index contributed by atoms with van der Waals surface area (Å²) in [6, 6.07) is -0.548. The number of carbonyl (C=O) groups excluding carboxylic acids is 2. The third-order valence-electron chi connectivity index (χ3n) is 16.3. The summed E-state index contributed by atoms with van der Waals surface area (Å²) in [5.74, 6) is -0.0365. The van der Waals surface area contributed by atoms with E-state index in [1.165, 1.54) is 302 Å². The highest BCUT2D eigenvalue weighted by Crippen LogP contribution is 2.19. The molecule has 0 aliphatic carbocycles. The standard InChI is InChI=1S/C70H135NO5/c1-3-5-7-9-11-13-15-17-19-21-23-24-25-26-27-29-30-34-38-42-46-50-54-58-62-68(73)67(66-72)71-69(74)63-59-55-51-47-43-39-35-32-33-37-41-45-49-53-57-61-65-76-70(75)64-60-56-52-48-44-40-36-31-28-22-20-18-16-14-12-10-8-6-4-2/h12,14,18,20,67-68,72-73H,3-11,13,15-17,19,21-66H2,1-2H3,(H,71,74)/b14-12-,20-18-. The first kappa shape index (κ1) is 74.3. The van der Waals surface area contributed by atoms with Gasteiger partial charge < -0.3 is 20.3 Å². The second kappa shape index (κ2) is 65.9. The second-order valence-corrected chi connectivity index (χ2v) is 23.9. The van der Waals surface area contributed by atoms with E-state index < -0.39 is 12.1 Å². The van der Waals surface area contributed by atoms with Crippen LogP contribution in [0.2, 0.25) is 0 Å². The maximum atomic E-state index is 12.6. The fourth-order valence-corrected chi connectivity index (χ4v) is 11.0. The SMILES string of the molecule is CCCCC/C=C\C/C=C\CCCCCCCCCCCC(=O)OCCCCCCCCCCCCCCCCCCC(=O)NC(CO)C(O)CCCCCCCCCCCCCCCCCCCCCCCCCC. The Morgan fingerprint density at radius 1 is 0.368 bits per heavy atom. The van der Waals surface area contributed by atoms with Crippen molar-refractivity contribution in [2.75, 3.05) is 13.2 Å². The number of ether oxygens (including phenoxy) is 1. The number of aliphatic hydroxyl groups excluding tert-OH is 2. The normalized spacial score (nSPS) is 12.6. The summed E-state index contributed by atoms with van der Waals surface area (Å²) in [5.41, 5.74) is 0. The Balaban J connectivity index is 3.40. The van der Waals surface area contributed by atoms with Crippen molar-refractivity contribution in [3.63, 3.8) is 0 Å². The molecule has 0 radical (unpaired) electrons. The molecular weight excluding hydrogens is 935 g/mol. The van der Waals surface area contributed by atoms with E-state index in [0.29, 0.717) is 25.9 Å². The maximum absolute atomic E-state index is 12.6. The molecule has 0 spiro atoms. The summed E-state index contributed by atoms with van der Waals surface area (Å²) >= 11 is 0. The van der Waals surface area contributed by atoms with Crippen LogP contribution in [-0.4, -0.2) is 47.4 Å². The predicted molar refractivity (Wildman–Crippen MR) is 333 cm³/mol. The molecule has 1 amide bonds. The molecule has 0 rings (SSSR count). The third kappa shape index (κ3) is 61.6. The number of aliphatic hydroxyl groups is 2.